The monoisotopic (exact) mass is 429 g/mol. The van der Waals surface area contributed by atoms with Crippen LogP contribution in [0, 0.1) is 0 Å². The van der Waals surface area contributed by atoms with Gasteiger partial charge in [-0.25, -0.2) is 8.42 Å². The molecule has 1 rings (SSSR count). The first-order chi connectivity index (χ1) is 13.7. The second-order valence-corrected chi connectivity index (χ2v) is 8.65. The van der Waals surface area contributed by atoms with E-state index in [-0.39, 0.29) is 26.1 Å². The number of aliphatic hydroxyl groups is 1. The Hall–Kier alpha value is -2.10. The van der Waals surface area contributed by atoms with Gasteiger partial charge in [0.2, 0.25) is 10.0 Å². The van der Waals surface area contributed by atoms with Gasteiger partial charge in [-0.2, -0.15) is 4.31 Å². The van der Waals surface area contributed by atoms with E-state index in [2.05, 4.69) is 0 Å². The lowest BCUT2D eigenvalue weighted by Gasteiger charge is -2.19. The number of unbranched alkanes of at least 4 members (excludes halogenated alkanes) is 1. The minimum Gasteiger partial charge on any atom is -0.497 e. The van der Waals surface area contributed by atoms with Crippen molar-refractivity contribution in [3.05, 3.63) is 36.4 Å². The van der Waals surface area contributed by atoms with Crippen LogP contribution < -0.4 is 9.47 Å². The van der Waals surface area contributed by atoms with Crippen LogP contribution in [0.1, 0.15) is 32.1 Å². The number of carboxylic acids is 1. The molecule has 0 aliphatic rings. The molecule has 9 heteroatoms. The Morgan fingerprint density at radius 2 is 1.97 bits per heavy atom. The van der Waals surface area contributed by atoms with Crippen molar-refractivity contribution in [1.82, 2.24) is 4.31 Å². The molecule has 2 N–H and O–H groups in total. The number of carboxylic acid groups (broad SMARTS) is 1. The van der Waals surface area contributed by atoms with E-state index in [1.54, 1.807) is 43.5 Å². The first kappa shape index (κ1) is 24.9. The predicted octanol–water partition coefficient (Wildman–Crippen LogP) is 2.29. The SMILES string of the molecule is COc1cccc(OCC(O)CCCN(C/C=C\CCCC(=O)O)S(C)(=O)=O)c1. The summed E-state index contributed by atoms with van der Waals surface area (Å²) < 4.78 is 35.8. The maximum Gasteiger partial charge on any atom is 0.303 e. The second-order valence-electron chi connectivity index (χ2n) is 6.66. The minimum absolute atomic E-state index is 0.0931. The highest BCUT2D eigenvalue weighted by Gasteiger charge is 2.15. The molecule has 0 saturated carbocycles. The molecular weight excluding hydrogens is 398 g/mol. The molecule has 1 atom stereocenters. The molecule has 0 aliphatic carbocycles. The van der Waals surface area contributed by atoms with Crippen LogP contribution in [0.15, 0.2) is 36.4 Å². The molecule has 0 aromatic heterocycles. The fourth-order valence-corrected chi connectivity index (χ4v) is 3.36. The van der Waals surface area contributed by atoms with E-state index in [9.17, 15) is 18.3 Å². The third-order valence-corrected chi connectivity index (χ3v) is 5.40. The quantitative estimate of drug-likeness (QED) is 0.325. The van der Waals surface area contributed by atoms with Crippen molar-refractivity contribution in [2.75, 3.05) is 33.1 Å². The van der Waals surface area contributed by atoms with E-state index in [1.165, 1.54) is 4.31 Å². The Morgan fingerprint density at radius 3 is 2.62 bits per heavy atom. The molecule has 0 radical (unpaired) electrons. The minimum atomic E-state index is -3.37. The fourth-order valence-electron chi connectivity index (χ4n) is 2.54. The molecule has 0 spiro atoms. The maximum absolute atomic E-state index is 11.9. The topological polar surface area (TPSA) is 113 Å². The van der Waals surface area contributed by atoms with Crippen molar-refractivity contribution in [3.63, 3.8) is 0 Å². The standard InChI is InChI=1S/C20H31NO7S/c1-27-18-10-7-11-19(15-18)28-16-17(22)9-8-14-21(29(2,25)26)13-6-4-3-5-12-20(23)24/h4,6-7,10-11,15,17,22H,3,5,8-9,12-14,16H2,1-2H3,(H,23,24)/b6-4-. The van der Waals surface area contributed by atoms with Gasteiger partial charge in [0, 0.05) is 25.6 Å². The molecule has 1 aromatic carbocycles. The molecule has 1 unspecified atom stereocenters. The Labute approximate surface area is 172 Å². The summed E-state index contributed by atoms with van der Waals surface area (Å²) in [4.78, 5) is 10.5. The number of allylic oxidation sites excluding steroid dienone is 1. The first-order valence-electron chi connectivity index (χ1n) is 9.49. The van der Waals surface area contributed by atoms with E-state index >= 15 is 0 Å². The van der Waals surface area contributed by atoms with Gasteiger partial charge in [0.15, 0.2) is 0 Å². The van der Waals surface area contributed by atoms with Gasteiger partial charge in [0.25, 0.3) is 0 Å². The molecule has 0 heterocycles. The lowest BCUT2D eigenvalue weighted by molar-refractivity contribution is -0.137. The molecule has 8 nitrogen and oxygen atoms in total. The van der Waals surface area contributed by atoms with Crippen LogP contribution >= 0.6 is 0 Å². The molecule has 29 heavy (non-hydrogen) atoms. The number of carbonyl (C=O) groups is 1. The summed E-state index contributed by atoms with van der Waals surface area (Å²) in [5, 5.41) is 18.7. The zero-order valence-corrected chi connectivity index (χ0v) is 17.8. The number of methoxy groups -OCH3 is 1. The molecule has 1 aromatic rings. The number of aliphatic carboxylic acids is 1. The Kier molecular flexibility index (Phi) is 11.3. The van der Waals surface area contributed by atoms with Crippen LogP contribution in [0.5, 0.6) is 11.5 Å². The van der Waals surface area contributed by atoms with E-state index in [1.807, 2.05) is 0 Å². The third kappa shape index (κ3) is 11.5. The summed E-state index contributed by atoms with van der Waals surface area (Å²) in [6, 6.07) is 7.08. The number of sulfonamides is 1. The van der Waals surface area contributed by atoms with Crippen LogP contribution in [0.3, 0.4) is 0 Å². The average molecular weight is 430 g/mol. The Bertz CT molecular complexity index is 749. The van der Waals surface area contributed by atoms with Gasteiger partial charge in [-0.1, -0.05) is 18.2 Å². The van der Waals surface area contributed by atoms with Crippen LogP contribution in [-0.4, -0.2) is 68.1 Å². The molecule has 0 aliphatic heterocycles. The second kappa shape index (κ2) is 13.2. The maximum atomic E-state index is 11.9. The largest absolute Gasteiger partial charge is 0.497 e. The van der Waals surface area contributed by atoms with Crippen molar-refractivity contribution in [1.29, 1.82) is 0 Å². The van der Waals surface area contributed by atoms with Crippen molar-refractivity contribution >= 4 is 16.0 Å². The number of nitrogens with zero attached hydrogens (tertiary/aromatic N) is 1. The van der Waals surface area contributed by atoms with Gasteiger partial charge in [0.05, 0.1) is 19.5 Å². The third-order valence-electron chi connectivity index (χ3n) is 4.13. The summed E-state index contributed by atoms with van der Waals surface area (Å²) in [6.07, 6.45) is 6.04. The molecule has 0 bridgehead atoms. The van der Waals surface area contributed by atoms with Crippen molar-refractivity contribution in [2.45, 2.75) is 38.2 Å². The van der Waals surface area contributed by atoms with Crippen molar-refractivity contribution in [3.8, 4) is 11.5 Å². The molecule has 0 fully saturated rings. The van der Waals surface area contributed by atoms with E-state index < -0.39 is 22.1 Å². The van der Waals surface area contributed by atoms with Crippen LogP contribution in [0.2, 0.25) is 0 Å². The predicted molar refractivity (Wildman–Crippen MR) is 111 cm³/mol. The zero-order valence-electron chi connectivity index (χ0n) is 17.0. The number of aliphatic hydroxyl groups excluding tert-OH is 1. The first-order valence-corrected chi connectivity index (χ1v) is 11.3. The lowest BCUT2D eigenvalue weighted by Crippen LogP contribution is -2.32. The number of rotatable bonds is 15. The number of benzene rings is 1. The summed E-state index contributed by atoms with van der Waals surface area (Å²) in [7, 11) is -1.81. The lowest BCUT2D eigenvalue weighted by atomic mass is 10.2. The van der Waals surface area contributed by atoms with E-state index in [0.717, 1.165) is 6.26 Å². The highest BCUT2D eigenvalue weighted by Crippen LogP contribution is 2.19. The molecule has 0 amide bonds. The summed E-state index contributed by atoms with van der Waals surface area (Å²) in [5.74, 6) is 0.413. The van der Waals surface area contributed by atoms with Crippen LogP contribution in [0.25, 0.3) is 0 Å². The summed E-state index contributed by atoms with van der Waals surface area (Å²) in [6.45, 7) is 0.617. The van der Waals surface area contributed by atoms with Gasteiger partial charge in [-0.3, -0.25) is 4.79 Å². The highest BCUT2D eigenvalue weighted by molar-refractivity contribution is 7.88. The van der Waals surface area contributed by atoms with Gasteiger partial charge in [0.1, 0.15) is 18.1 Å². The number of hydrogen-bond donors (Lipinski definition) is 2. The van der Waals surface area contributed by atoms with E-state index in [4.69, 9.17) is 14.6 Å². The van der Waals surface area contributed by atoms with E-state index in [0.29, 0.717) is 37.2 Å². The van der Waals surface area contributed by atoms with Crippen LogP contribution in [0.4, 0.5) is 0 Å². The smallest absolute Gasteiger partial charge is 0.303 e. The Balaban J connectivity index is 2.35. The normalized spacial score (nSPS) is 13.0. The average Bonchev–Trinajstić information content (AvgIpc) is 2.66. The van der Waals surface area contributed by atoms with Gasteiger partial charge >= 0.3 is 5.97 Å². The summed E-state index contributed by atoms with van der Waals surface area (Å²) >= 11 is 0. The number of hydrogen-bond acceptors (Lipinski definition) is 6. The molecular formula is C20H31NO7S. The molecule has 164 valence electrons. The fraction of sp³-hybridized carbons (Fsp3) is 0.550. The Morgan fingerprint density at radius 1 is 1.24 bits per heavy atom. The summed E-state index contributed by atoms with van der Waals surface area (Å²) in [5.41, 5.74) is 0. The van der Waals surface area contributed by atoms with Gasteiger partial charge < -0.3 is 19.7 Å². The molecule has 0 saturated heterocycles. The van der Waals surface area contributed by atoms with Crippen LogP contribution in [-0.2, 0) is 14.8 Å². The van der Waals surface area contributed by atoms with Gasteiger partial charge in [-0.15, -0.1) is 0 Å². The van der Waals surface area contributed by atoms with Gasteiger partial charge in [-0.05, 0) is 37.8 Å². The highest BCUT2D eigenvalue weighted by atomic mass is 32.2. The number of ether oxygens (including phenoxy) is 2. The van der Waals surface area contributed by atoms with Crippen molar-refractivity contribution < 1.29 is 32.9 Å². The zero-order chi connectivity index (χ0) is 21.7. The van der Waals surface area contributed by atoms with Crippen molar-refractivity contribution in [2.24, 2.45) is 0 Å².